The first-order chi connectivity index (χ1) is 6.35. The van der Waals surface area contributed by atoms with E-state index in [0.717, 1.165) is 12.5 Å². The highest BCUT2D eigenvalue weighted by atomic mass is 32.2. The standard InChI is InChI=1S/C10H19NS2/c11-4-2-9-6-10(13-7-9)3-1-5-12-8-10/h9H,1-8,11H2. The number of hydrogen-bond donors (Lipinski definition) is 1. The maximum absolute atomic E-state index is 5.61. The largest absolute Gasteiger partial charge is 0.330 e. The summed E-state index contributed by atoms with van der Waals surface area (Å²) in [6.07, 6.45) is 5.60. The van der Waals surface area contributed by atoms with Crippen LogP contribution in [0.2, 0.25) is 0 Å². The van der Waals surface area contributed by atoms with Gasteiger partial charge in [-0.25, -0.2) is 0 Å². The average Bonchev–Trinajstić information content (AvgIpc) is 2.51. The first kappa shape index (κ1) is 10.2. The smallest absolute Gasteiger partial charge is 0.0253 e. The SMILES string of the molecule is NCCC1CSC2(CCCSC2)C1. The van der Waals surface area contributed by atoms with Crippen LogP contribution in [0.1, 0.15) is 25.7 Å². The molecule has 0 saturated carbocycles. The van der Waals surface area contributed by atoms with Crippen LogP contribution < -0.4 is 5.73 Å². The van der Waals surface area contributed by atoms with Crippen molar-refractivity contribution in [2.45, 2.75) is 30.4 Å². The molecule has 2 heterocycles. The van der Waals surface area contributed by atoms with E-state index in [1.54, 1.807) is 0 Å². The molecular formula is C10H19NS2. The fourth-order valence-corrected chi connectivity index (χ4v) is 5.69. The predicted octanol–water partition coefficient (Wildman–Crippen LogP) is 2.35. The minimum atomic E-state index is 0.669. The minimum absolute atomic E-state index is 0.669. The number of rotatable bonds is 2. The Balaban J connectivity index is 1.87. The van der Waals surface area contributed by atoms with E-state index >= 15 is 0 Å². The van der Waals surface area contributed by atoms with Gasteiger partial charge in [0.15, 0.2) is 0 Å². The van der Waals surface area contributed by atoms with Crippen molar-refractivity contribution in [1.29, 1.82) is 0 Å². The number of thioether (sulfide) groups is 2. The lowest BCUT2D eigenvalue weighted by Gasteiger charge is -2.32. The van der Waals surface area contributed by atoms with Crippen LogP contribution in [0.5, 0.6) is 0 Å². The fraction of sp³-hybridized carbons (Fsp3) is 1.00. The quantitative estimate of drug-likeness (QED) is 0.769. The summed E-state index contributed by atoms with van der Waals surface area (Å²) in [7, 11) is 0. The monoisotopic (exact) mass is 217 g/mol. The highest BCUT2D eigenvalue weighted by Crippen LogP contribution is 2.49. The maximum Gasteiger partial charge on any atom is 0.0253 e. The van der Waals surface area contributed by atoms with E-state index in [1.165, 1.54) is 42.9 Å². The molecule has 76 valence electrons. The van der Waals surface area contributed by atoms with E-state index < -0.39 is 0 Å². The molecule has 2 unspecified atom stereocenters. The molecule has 2 fully saturated rings. The minimum Gasteiger partial charge on any atom is -0.330 e. The Morgan fingerprint density at radius 2 is 2.38 bits per heavy atom. The zero-order valence-corrected chi connectivity index (χ0v) is 9.76. The molecule has 2 aliphatic rings. The van der Waals surface area contributed by atoms with E-state index in [4.69, 9.17) is 5.73 Å². The Kier molecular flexibility index (Phi) is 3.49. The van der Waals surface area contributed by atoms with Gasteiger partial charge in [-0.15, -0.1) is 0 Å². The third-order valence-electron chi connectivity index (χ3n) is 3.15. The van der Waals surface area contributed by atoms with Gasteiger partial charge in [0.2, 0.25) is 0 Å². The summed E-state index contributed by atoms with van der Waals surface area (Å²) in [6, 6.07) is 0. The molecule has 2 saturated heterocycles. The third kappa shape index (κ3) is 2.37. The number of hydrogen-bond acceptors (Lipinski definition) is 3. The van der Waals surface area contributed by atoms with Crippen molar-refractivity contribution >= 4 is 23.5 Å². The Morgan fingerprint density at radius 1 is 1.46 bits per heavy atom. The van der Waals surface area contributed by atoms with Crippen LogP contribution in [0.4, 0.5) is 0 Å². The summed E-state index contributed by atoms with van der Waals surface area (Å²) < 4.78 is 0.669. The molecule has 0 amide bonds. The molecule has 0 aromatic heterocycles. The highest BCUT2D eigenvalue weighted by Gasteiger charge is 2.40. The fourth-order valence-electron chi connectivity index (χ4n) is 2.46. The van der Waals surface area contributed by atoms with Gasteiger partial charge in [-0.2, -0.15) is 23.5 Å². The Hall–Kier alpha value is 0.660. The molecule has 0 aromatic carbocycles. The molecule has 0 aromatic rings. The normalized spacial score (nSPS) is 39.9. The van der Waals surface area contributed by atoms with Crippen molar-refractivity contribution in [3.05, 3.63) is 0 Å². The van der Waals surface area contributed by atoms with Crippen LogP contribution in [0.25, 0.3) is 0 Å². The zero-order chi connectivity index (χ0) is 9.15. The van der Waals surface area contributed by atoms with Gasteiger partial charge in [0.05, 0.1) is 0 Å². The van der Waals surface area contributed by atoms with Gasteiger partial charge < -0.3 is 5.73 Å². The molecule has 2 N–H and O–H groups in total. The summed E-state index contributed by atoms with van der Waals surface area (Å²) in [6.45, 7) is 0.883. The average molecular weight is 217 g/mol. The van der Waals surface area contributed by atoms with E-state index in [-0.39, 0.29) is 0 Å². The van der Waals surface area contributed by atoms with E-state index in [1.807, 2.05) is 0 Å². The van der Waals surface area contributed by atoms with Crippen LogP contribution in [0.15, 0.2) is 0 Å². The molecule has 2 aliphatic heterocycles. The summed E-state index contributed by atoms with van der Waals surface area (Å²) in [5.41, 5.74) is 5.61. The summed E-state index contributed by atoms with van der Waals surface area (Å²) >= 11 is 4.40. The Bertz CT molecular complexity index is 166. The topological polar surface area (TPSA) is 26.0 Å². The van der Waals surface area contributed by atoms with Gasteiger partial charge in [-0.3, -0.25) is 0 Å². The second kappa shape index (κ2) is 4.45. The second-order valence-corrected chi connectivity index (χ2v) is 6.89. The molecule has 3 heteroatoms. The molecule has 1 nitrogen and oxygen atoms in total. The summed E-state index contributed by atoms with van der Waals surface area (Å²) in [4.78, 5) is 0. The Labute approximate surface area is 89.6 Å². The first-order valence-electron chi connectivity index (χ1n) is 5.26. The van der Waals surface area contributed by atoms with Crippen LogP contribution >= 0.6 is 23.5 Å². The van der Waals surface area contributed by atoms with Gasteiger partial charge in [-0.05, 0) is 49.7 Å². The molecular weight excluding hydrogens is 198 g/mol. The third-order valence-corrected chi connectivity index (χ3v) is 6.43. The van der Waals surface area contributed by atoms with Crippen molar-refractivity contribution < 1.29 is 0 Å². The molecule has 2 atom stereocenters. The molecule has 2 rings (SSSR count). The Morgan fingerprint density at radius 3 is 3.08 bits per heavy atom. The lowest BCUT2D eigenvalue weighted by molar-refractivity contribution is 0.443. The van der Waals surface area contributed by atoms with E-state index in [2.05, 4.69) is 23.5 Å². The van der Waals surface area contributed by atoms with Crippen LogP contribution in [-0.2, 0) is 0 Å². The summed E-state index contributed by atoms with van der Waals surface area (Å²) in [5, 5.41) is 0. The van der Waals surface area contributed by atoms with Crippen LogP contribution in [-0.4, -0.2) is 28.6 Å². The van der Waals surface area contributed by atoms with Gasteiger partial charge in [0.1, 0.15) is 0 Å². The van der Waals surface area contributed by atoms with Crippen molar-refractivity contribution in [3.8, 4) is 0 Å². The molecule has 1 spiro atoms. The van der Waals surface area contributed by atoms with Gasteiger partial charge in [0.25, 0.3) is 0 Å². The van der Waals surface area contributed by atoms with Gasteiger partial charge in [-0.1, -0.05) is 0 Å². The lowest BCUT2D eigenvalue weighted by atomic mass is 9.91. The van der Waals surface area contributed by atoms with E-state index in [9.17, 15) is 0 Å². The summed E-state index contributed by atoms with van der Waals surface area (Å²) in [5.74, 6) is 5.09. The molecule has 0 bridgehead atoms. The van der Waals surface area contributed by atoms with Crippen LogP contribution in [0, 0.1) is 5.92 Å². The van der Waals surface area contributed by atoms with Crippen molar-refractivity contribution in [2.24, 2.45) is 11.7 Å². The van der Waals surface area contributed by atoms with Crippen LogP contribution in [0.3, 0.4) is 0 Å². The molecule has 0 radical (unpaired) electrons. The highest BCUT2D eigenvalue weighted by molar-refractivity contribution is 8.04. The van der Waals surface area contributed by atoms with E-state index in [0.29, 0.717) is 4.75 Å². The van der Waals surface area contributed by atoms with Crippen molar-refractivity contribution in [2.75, 3.05) is 23.8 Å². The van der Waals surface area contributed by atoms with Gasteiger partial charge >= 0.3 is 0 Å². The predicted molar refractivity (Wildman–Crippen MR) is 63.5 cm³/mol. The maximum atomic E-state index is 5.61. The number of nitrogens with two attached hydrogens (primary N) is 1. The molecule has 0 aliphatic carbocycles. The van der Waals surface area contributed by atoms with Crippen molar-refractivity contribution in [3.63, 3.8) is 0 Å². The zero-order valence-electron chi connectivity index (χ0n) is 8.13. The van der Waals surface area contributed by atoms with Gasteiger partial charge in [0, 0.05) is 10.5 Å². The van der Waals surface area contributed by atoms with Crippen molar-refractivity contribution in [1.82, 2.24) is 0 Å². The first-order valence-corrected chi connectivity index (χ1v) is 7.40. The second-order valence-electron chi connectivity index (χ2n) is 4.30. The molecule has 13 heavy (non-hydrogen) atoms. The lowest BCUT2D eigenvalue weighted by Crippen LogP contribution is -2.29.